The van der Waals surface area contributed by atoms with Crippen LogP contribution in [-0.2, 0) is 9.53 Å². The maximum Gasteiger partial charge on any atom is 0.227 e. The third-order valence-electron chi connectivity index (χ3n) is 4.16. The van der Waals surface area contributed by atoms with Crippen molar-refractivity contribution in [1.82, 2.24) is 5.32 Å². The minimum Gasteiger partial charge on any atom is -0.375 e. The number of hydrogen-bond acceptors (Lipinski definition) is 3. The summed E-state index contributed by atoms with van der Waals surface area (Å²) in [6, 6.07) is 9.95. The van der Waals surface area contributed by atoms with E-state index < -0.39 is 0 Å². The van der Waals surface area contributed by atoms with Crippen LogP contribution in [-0.4, -0.2) is 37.7 Å². The van der Waals surface area contributed by atoms with E-state index >= 15 is 0 Å². The SMILES string of the molecule is CCC(=O)N(c1ccccc1)[C@@H]1CCNC[C@]1(C)OC. The maximum absolute atomic E-state index is 12.5. The topological polar surface area (TPSA) is 41.6 Å². The van der Waals surface area contributed by atoms with Crippen molar-refractivity contribution in [3.05, 3.63) is 30.3 Å². The van der Waals surface area contributed by atoms with Gasteiger partial charge in [-0.3, -0.25) is 4.79 Å². The lowest BCUT2D eigenvalue weighted by Gasteiger charge is -2.46. The van der Waals surface area contributed by atoms with Crippen molar-refractivity contribution >= 4 is 11.6 Å². The van der Waals surface area contributed by atoms with Crippen molar-refractivity contribution in [3.8, 4) is 0 Å². The van der Waals surface area contributed by atoms with Gasteiger partial charge in [0.05, 0.1) is 11.6 Å². The van der Waals surface area contributed by atoms with Crippen LogP contribution >= 0.6 is 0 Å². The van der Waals surface area contributed by atoms with Gasteiger partial charge in [0.25, 0.3) is 0 Å². The molecule has 0 aliphatic carbocycles. The number of rotatable bonds is 4. The lowest BCUT2D eigenvalue weighted by molar-refractivity contribution is -0.121. The van der Waals surface area contributed by atoms with Gasteiger partial charge >= 0.3 is 0 Å². The van der Waals surface area contributed by atoms with Crippen LogP contribution in [0.1, 0.15) is 26.7 Å². The van der Waals surface area contributed by atoms with E-state index in [9.17, 15) is 4.79 Å². The predicted octanol–water partition coefficient (Wildman–Crippen LogP) is 2.20. The molecule has 1 aliphatic heterocycles. The van der Waals surface area contributed by atoms with Crippen molar-refractivity contribution in [1.29, 1.82) is 0 Å². The van der Waals surface area contributed by atoms with E-state index in [1.54, 1.807) is 7.11 Å². The molecule has 2 rings (SSSR count). The summed E-state index contributed by atoms with van der Waals surface area (Å²) in [5, 5.41) is 3.36. The van der Waals surface area contributed by atoms with Gasteiger partial charge in [0.2, 0.25) is 5.91 Å². The Morgan fingerprint density at radius 2 is 2.15 bits per heavy atom. The quantitative estimate of drug-likeness (QED) is 0.916. The largest absolute Gasteiger partial charge is 0.375 e. The molecule has 110 valence electrons. The highest BCUT2D eigenvalue weighted by atomic mass is 16.5. The van der Waals surface area contributed by atoms with Crippen molar-refractivity contribution < 1.29 is 9.53 Å². The Morgan fingerprint density at radius 3 is 2.75 bits per heavy atom. The summed E-state index contributed by atoms with van der Waals surface area (Å²) < 4.78 is 5.73. The molecule has 1 aromatic carbocycles. The molecule has 1 aliphatic rings. The molecule has 4 nitrogen and oxygen atoms in total. The van der Waals surface area contributed by atoms with E-state index in [1.165, 1.54) is 0 Å². The minimum atomic E-state index is -0.362. The fraction of sp³-hybridized carbons (Fsp3) is 0.562. The normalized spacial score (nSPS) is 26.2. The number of anilines is 1. The monoisotopic (exact) mass is 276 g/mol. The molecule has 0 saturated carbocycles. The zero-order valence-corrected chi connectivity index (χ0v) is 12.6. The van der Waals surface area contributed by atoms with Crippen molar-refractivity contribution in [3.63, 3.8) is 0 Å². The number of carbonyl (C=O) groups excluding carboxylic acids is 1. The van der Waals surface area contributed by atoms with Crippen molar-refractivity contribution in [2.75, 3.05) is 25.1 Å². The van der Waals surface area contributed by atoms with E-state index in [4.69, 9.17) is 4.74 Å². The van der Waals surface area contributed by atoms with Crippen LogP contribution < -0.4 is 10.2 Å². The second-order valence-electron chi connectivity index (χ2n) is 5.45. The Labute approximate surface area is 121 Å². The Balaban J connectivity index is 2.38. The molecule has 20 heavy (non-hydrogen) atoms. The summed E-state index contributed by atoms with van der Waals surface area (Å²) in [7, 11) is 1.72. The minimum absolute atomic E-state index is 0.0589. The number of carbonyl (C=O) groups is 1. The number of nitrogens with zero attached hydrogens (tertiary/aromatic N) is 1. The van der Waals surface area contributed by atoms with Crippen molar-refractivity contribution in [2.45, 2.75) is 38.3 Å². The van der Waals surface area contributed by atoms with Crippen LogP contribution in [0.15, 0.2) is 30.3 Å². The number of nitrogens with one attached hydrogen (secondary N) is 1. The first-order valence-electron chi connectivity index (χ1n) is 7.25. The summed E-state index contributed by atoms with van der Waals surface area (Å²) in [6.45, 7) is 5.64. The first-order chi connectivity index (χ1) is 9.62. The number of para-hydroxylation sites is 1. The highest BCUT2D eigenvalue weighted by molar-refractivity contribution is 5.94. The highest BCUT2D eigenvalue weighted by Crippen LogP contribution is 2.30. The average molecular weight is 276 g/mol. The van der Waals surface area contributed by atoms with Crippen LogP contribution in [0, 0.1) is 0 Å². The molecule has 2 atom stereocenters. The van der Waals surface area contributed by atoms with Gasteiger partial charge < -0.3 is 15.0 Å². The van der Waals surface area contributed by atoms with E-state index in [-0.39, 0.29) is 17.6 Å². The van der Waals surface area contributed by atoms with Gasteiger partial charge in [-0.15, -0.1) is 0 Å². The average Bonchev–Trinajstić information content (AvgIpc) is 2.50. The summed E-state index contributed by atoms with van der Waals surface area (Å²) in [5.74, 6) is 0.145. The number of piperidine rings is 1. The summed E-state index contributed by atoms with van der Waals surface area (Å²) in [5.41, 5.74) is 0.591. The summed E-state index contributed by atoms with van der Waals surface area (Å²) in [4.78, 5) is 14.4. The highest BCUT2D eigenvalue weighted by Gasteiger charge is 2.42. The van der Waals surface area contributed by atoms with Crippen LogP contribution in [0.4, 0.5) is 5.69 Å². The molecule has 0 radical (unpaired) electrons. The first-order valence-corrected chi connectivity index (χ1v) is 7.25. The van der Waals surface area contributed by atoms with Gasteiger partial charge in [0.1, 0.15) is 0 Å². The molecular formula is C16H24N2O2. The molecule has 0 spiro atoms. The standard InChI is InChI=1S/C16H24N2O2/c1-4-15(19)18(13-8-6-5-7-9-13)14-10-11-17-12-16(14,2)20-3/h5-9,14,17H,4,10-12H2,1-3H3/t14-,16+/m1/s1. The molecule has 1 fully saturated rings. The van der Waals surface area contributed by atoms with Gasteiger partial charge in [0.15, 0.2) is 0 Å². The van der Waals surface area contributed by atoms with Gasteiger partial charge in [-0.25, -0.2) is 0 Å². The molecule has 0 aromatic heterocycles. The van der Waals surface area contributed by atoms with Crippen LogP contribution in [0.2, 0.25) is 0 Å². The Hall–Kier alpha value is -1.39. The summed E-state index contributed by atoms with van der Waals surface area (Å²) >= 11 is 0. The fourth-order valence-electron chi connectivity index (χ4n) is 2.87. The Bertz CT molecular complexity index is 449. The predicted molar refractivity (Wildman–Crippen MR) is 80.9 cm³/mol. The smallest absolute Gasteiger partial charge is 0.227 e. The Kier molecular flexibility index (Phi) is 4.78. The summed E-state index contributed by atoms with van der Waals surface area (Å²) in [6.07, 6.45) is 1.39. The number of ether oxygens (including phenoxy) is 1. The molecule has 0 bridgehead atoms. The molecular weight excluding hydrogens is 252 g/mol. The van der Waals surface area contributed by atoms with Crippen LogP contribution in [0.25, 0.3) is 0 Å². The van der Waals surface area contributed by atoms with E-state index in [1.807, 2.05) is 42.2 Å². The lowest BCUT2D eigenvalue weighted by atomic mass is 9.88. The van der Waals surface area contributed by atoms with Gasteiger partial charge in [-0.2, -0.15) is 0 Å². The van der Waals surface area contributed by atoms with Crippen molar-refractivity contribution in [2.24, 2.45) is 0 Å². The van der Waals surface area contributed by atoms with E-state index in [0.29, 0.717) is 6.42 Å². The fourth-order valence-corrected chi connectivity index (χ4v) is 2.87. The second-order valence-corrected chi connectivity index (χ2v) is 5.45. The van der Waals surface area contributed by atoms with Crippen LogP contribution in [0.3, 0.4) is 0 Å². The first kappa shape index (κ1) is 15.0. The zero-order valence-electron chi connectivity index (χ0n) is 12.6. The second kappa shape index (κ2) is 6.37. The van der Waals surface area contributed by atoms with Gasteiger partial charge in [-0.05, 0) is 32.0 Å². The lowest BCUT2D eigenvalue weighted by Crippen LogP contribution is -2.62. The van der Waals surface area contributed by atoms with Gasteiger partial charge in [0, 0.05) is 25.8 Å². The number of amides is 1. The number of benzene rings is 1. The molecule has 0 unspecified atom stereocenters. The van der Waals surface area contributed by atoms with Gasteiger partial charge in [-0.1, -0.05) is 25.1 Å². The Morgan fingerprint density at radius 1 is 1.45 bits per heavy atom. The molecule has 1 saturated heterocycles. The zero-order chi connectivity index (χ0) is 14.6. The molecule has 1 heterocycles. The number of hydrogen-bond donors (Lipinski definition) is 1. The maximum atomic E-state index is 12.5. The van der Waals surface area contributed by atoms with Crippen LogP contribution in [0.5, 0.6) is 0 Å². The molecule has 4 heteroatoms. The third-order valence-corrected chi connectivity index (χ3v) is 4.16. The number of methoxy groups -OCH3 is 1. The molecule has 1 amide bonds. The van der Waals surface area contributed by atoms with E-state index in [0.717, 1.165) is 25.2 Å². The molecule has 1 N–H and O–H groups in total. The third kappa shape index (κ3) is 2.86. The molecule has 1 aromatic rings. The van der Waals surface area contributed by atoms with E-state index in [2.05, 4.69) is 12.2 Å².